The molecule has 1 rings (SSSR count). The number of nitrogens with one attached hydrogen (secondary N) is 6. The molecule has 1 aromatic rings. The number of carbonyl (C=O) groups is 8. The van der Waals surface area contributed by atoms with Gasteiger partial charge >= 0.3 is 5.97 Å². The molecule has 0 aliphatic heterocycles. The zero-order valence-corrected chi connectivity index (χ0v) is 29.2. The quantitative estimate of drug-likeness (QED) is 0.0492. The molecule has 0 aromatic heterocycles. The molecule has 0 aliphatic carbocycles. The lowest BCUT2D eigenvalue weighted by molar-refractivity contribution is -0.141. The molecule has 0 saturated heterocycles. The van der Waals surface area contributed by atoms with Crippen molar-refractivity contribution in [3.8, 4) is 0 Å². The number of benzene rings is 1. The summed E-state index contributed by atoms with van der Waals surface area (Å²) in [5, 5.41) is 41.8. The first-order chi connectivity index (χ1) is 23.6. The Morgan fingerprint density at radius 1 is 0.580 bits per heavy atom. The van der Waals surface area contributed by atoms with Crippen molar-refractivity contribution in [2.45, 2.75) is 55.1 Å². The highest BCUT2D eigenvalue weighted by Crippen LogP contribution is 2.06. The maximum atomic E-state index is 13.3. The van der Waals surface area contributed by atoms with Crippen LogP contribution in [0.15, 0.2) is 30.3 Å². The number of carboxylic acids is 1. The van der Waals surface area contributed by atoms with Crippen molar-refractivity contribution < 1.29 is 53.7 Å². The van der Waals surface area contributed by atoms with E-state index in [1.807, 2.05) is 0 Å². The zero-order chi connectivity index (χ0) is 38.0. The number of thiol groups is 3. The number of aliphatic carboxylic acids is 1. The predicted molar refractivity (Wildman–Crippen MR) is 187 cm³/mol. The molecule has 0 saturated carbocycles. The molecule has 0 unspecified atom stereocenters. The lowest BCUT2D eigenvalue weighted by Gasteiger charge is -2.26. The van der Waals surface area contributed by atoms with Crippen LogP contribution in [0.25, 0.3) is 0 Å². The van der Waals surface area contributed by atoms with Crippen LogP contribution in [0, 0.1) is 0 Å². The van der Waals surface area contributed by atoms with Gasteiger partial charge in [-0.05, 0) is 5.56 Å². The summed E-state index contributed by atoms with van der Waals surface area (Å²) in [5.41, 5.74) is 11.4. The van der Waals surface area contributed by atoms with E-state index in [4.69, 9.17) is 16.6 Å². The molecule has 0 heterocycles. The SMILES string of the molecule is NC(=O)C[C@H](NC(=O)[C@H](Cc1ccccc1)NC(=O)[C@@H](N)CO)C(=O)N[C@@H](CO)C(=O)N[C@@H](CS)C(=O)N[C@@H](CS)C(=O)N[C@@H](CS)C(=O)O. The molecule has 13 N–H and O–H groups in total. The van der Waals surface area contributed by atoms with Crippen LogP contribution in [0.3, 0.4) is 0 Å². The van der Waals surface area contributed by atoms with Gasteiger partial charge in [0.15, 0.2) is 0 Å². The van der Waals surface area contributed by atoms with Crippen LogP contribution in [-0.2, 0) is 44.8 Å². The molecule has 0 radical (unpaired) electrons. The summed E-state index contributed by atoms with van der Waals surface area (Å²) in [6.07, 6.45) is -0.869. The Morgan fingerprint density at radius 2 is 0.980 bits per heavy atom. The molecule has 7 amide bonds. The van der Waals surface area contributed by atoms with Crippen molar-refractivity contribution in [1.29, 1.82) is 0 Å². The Morgan fingerprint density at radius 3 is 1.42 bits per heavy atom. The molecule has 0 fully saturated rings. The number of aliphatic hydroxyl groups is 2. The molecule has 1 aromatic carbocycles. The third kappa shape index (κ3) is 14.8. The minimum atomic E-state index is -1.75. The monoisotopic (exact) mass is 762 g/mol. The van der Waals surface area contributed by atoms with Crippen molar-refractivity contribution >= 4 is 85.2 Å². The van der Waals surface area contributed by atoms with Gasteiger partial charge in [0.1, 0.15) is 42.3 Å². The Bertz CT molecular complexity index is 1360. The highest BCUT2D eigenvalue weighted by Gasteiger charge is 2.33. The number of carboxylic acid groups (broad SMARTS) is 1. The number of hydrogen-bond acceptors (Lipinski definition) is 14. The minimum absolute atomic E-state index is 0.0958. The first-order valence-corrected chi connectivity index (χ1v) is 16.7. The molecule has 0 bridgehead atoms. The second-order valence-corrected chi connectivity index (χ2v) is 11.7. The molecular formula is C28H42N8O11S3. The topological polar surface area (TPSA) is 321 Å². The number of rotatable bonds is 22. The predicted octanol–water partition coefficient (Wildman–Crippen LogP) is -5.80. The Hall–Kier alpha value is -4.09. The fourth-order valence-electron chi connectivity index (χ4n) is 3.96. The van der Waals surface area contributed by atoms with Gasteiger partial charge in [-0.2, -0.15) is 37.9 Å². The summed E-state index contributed by atoms with van der Waals surface area (Å²) in [7, 11) is 0. The third-order valence-corrected chi connectivity index (χ3v) is 7.83. The van der Waals surface area contributed by atoms with E-state index in [0.29, 0.717) is 5.56 Å². The van der Waals surface area contributed by atoms with Gasteiger partial charge in [0, 0.05) is 23.7 Å². The summed E-state index contributed by atoms with van der Waals surface area (Å²) in [6.45, 7) is -1.75. The average Bonchev–Trinajstić information content (AvgIpc) is 3.09. The lowest BCUT2D eigenvalue weighted by Crippen LogP contribution is -2.61. The lowest BCUT2D eigenvalue weighted by atomic mass is 10.0. The van der Waals surface area contributed by atoms with Gasteiger partial charge in [-0.1, -0.05) is 30.3 Å². The van der Waals surface area contributed by atoms with Gasteiger partial charge in [-0.3, -0.25) is 33.6 Å². The standard InChI is InChI=1S/C28H42N8O11S3/c29-14(8-37)22(40)31-15(6-13-4-2-1-3-5-13)23(41)32-16(7-21(30)39)24(42)33-17(9-38)25(43)34-18(10-48)26(44)35-19(11-49)27(45)36-20(12-50)28(46)47/h1-5,14-20,37-38,48-50H,6-12,29H2,(H2,30,39)(H,31,40)(H,32,41)(H,33,42)(H,34,43)(H,35,44)(H,36,45)(H,46,47)/t14-,15-,16-,17-,18-,19-,20-/m0/s1. The van der Waals surface area contributed by atoms with Crippen molar-refractivity contribution in [3.63, 3.8) is 0 Å². The Kier molecular flexibility index (Phi) is 19.8. The third-order valence-electron chi connectivity index (χ3n) is 6.73. The molecule has 0 spiro atoms. The number of nitrogens with two attached hydrogens (primary N) is 2. The number of aliphatic hydroxyl groups excluding tert-OH is 2. The van der Waals surface area contributed by atoms with Gasteiger partial charge < -0.3 is 58.7 Å². The first-order valence-electron chi connectivity index (χ1n) is 14.8. The van der Waals surface area contributed by atoms with E-state index >= 15 is 0 Å². The smallest absolute Gasteiger partial charge is 0.327 e. The van der Waals surface area contributed by atoms with E-state index in [9.17, 15) is 48.6 Å². The van der Waals surface area contributed by atoms with Crippen LogP contribution >= 0.6 is 37.9 Å². The summed E-state index contributed by atoms with van der Waals surface area (Å²) < 4.78 is 0. The maximum Gasteiger partial charge on any atom is 0.327 e. The highest BCUT2D eigenvalue weighted by molar-refractivity contribution is 7.80. The summed E-state index contributed by atoms with van der Waals surface area (Å²) in [6, 6.07) is -1.96. The maximum absolute atomic E-state index is 13.3. The van der Waals surface area contributed by atoms with Crippen LogP contribution < -0.4 is 43.4 Å². The number of amides is 7. The zero-order valence-electron chi connectivity index (χ0n) is 26.5. The summed E-state index contributed by atoms with van der Waals surface area (Å²) in [5.74, 6) is -9.22. The van der Waals surface area contributed by atoms with Crippen molar-refractivity contribution in [3.05, 3.63) is 35.9 Å². The van der Waals surface area contributed by atoms with Crippen LogP contribution in [0.1, 0.15) is 12.0 Å². The molecule has 278 valence electrons. The van der Waals surface area contributed by atoms with E-state index in [1.54, 1.807) is 30.3 Å². The fraction of sp³-hybridized carbons (Fsp3) is 0.500. The van der Waals surface area contributed by atoms with E-state index in [-0.39, 0.29) is 23.7 Å². The number of carbonyl (C=O) groups excluding carboxylic acids is 7. The van der Waals surface area contributed by atoms with Crippen molar-refractivity contribution in [1.82, 2.24) is 31.9 Å². The van der Waals surface area contributed by atoms with Crippen molar-refractivity contribution in [2.24, 2.45) is 11.5 Å². The molecule has 0 aliphatic rings. The van der Waals surface area contributed by atoms with E-state index < -0.39 is 109 Å². The van der Waals surface area contributed by atoms with E-state index in [2.05, 4.69) is 69.8 Å². The average molecular weight is 763 g/mol. The van der Waals surface area contributed by atoms with E-state index in [0.717, 1.165) is 0 Å². The van der Waals surface area contributed by atoms with E-state index in [1.165, 1.54) is 0 Å². The second kappa shape index (κ2) is 22.6. The molecule has 50 heavy (non-hydrogen) atoms. The summed E-state index contributed by atoms with van der Waals surface area (Å²) in [4.78, 5) is 100. The van der Waals surface area contributed by atoms with Gasteiger partial charge in [-0.25, -0.2) is 4.79 Å². The van der Waals surface area contributed by atoms with Crippen LogP contribution in [-0.4, -0.2) is 135 Å². The molecule has 19 nitrogen and oxygen atoms in total. The number of primary amides is 1. The minimum Gasteiger partial charge on any atom is -0.480 e. The van der Waals surface area contributed by atoms with Crippen LogP contribution in [0.5, 0.6) is 0 Å². The molecule has 22 heteroatoms. The Labute approximate surface area is 303 Å². The summed E-state index contributed by atoms with van der Waals surface area (Å²) >= 11 is 11.9. The van der Waals surface area contributed by atoms with Gasteiger partial charge in [0.05, 0.1) is 19.6 Å². The Balaban J connectivity index is 3.07. The first kappa shape index (κ1) is 43.9. The van der Waals surface area contributed by atoms with Gasteiger partial charge in [-0.15, -0.1) is 0 Å². The second-order valence-electron chi connectivity index (χ2n) is 10.6. The fourth-order valence-corrected chi connectivity index (χ4v) is 4.72. The number of hydrogen-bond donors (Lipinski definition) is 14. The highest BCUT2D eigenvalue weighted by atomic mass is 32.1. The largest absolute Gasteiger partial charge is 0.480 e. The van der Waals surface area contributed by atoms with Gasteiger partial charge in [0.2, 0.25) is 41.4 Å². The van der Waals surface area contributed by atoms with Crippen LogP contribution in [0.4, 0.5) is 0 Å². The van der Waals surface area contributed by atoms with Crippen molar-refractivity contribution in [2.75, 3.05) is 30.5 Å². The normalized spacial score (nSPS) is 15.0. The van der Waals surface area contributed by atoms with Crippen LogP contribution in [0.2, 0.25) is 0 Å². The molecular weight excluding hydrogens is 721 g/mol. The molecule has 7 atom stereocenters. The van der Waals surface area contributed by atoms with Gasteiger partial charge in [0.25, 0.3) is 0 Å².